The van der Waals surface area contributed by atoms with Crippen LogP contribution in [0.2, 0.25) is 0 Å². The van der Waals surface area contributed by atoms with Gasteiger partial charge in [-0.3, -0.25) is 14.6 Å². The van der Waals surface area contributed by atoms with Crippen molar-refractivity contribution >= 4 is 34.4 Å². The maximum Gasteiger partial charge on any atom is 0.228 e. The number of carbonyl (C=O) groups is 2. The molecule has 3 aromatic carbocycles. The second-order valence-corrected chi connectivity index (χ2v) is 8.71. The molecule has 1 saturated heterocycles. The molecule has 5 rings (SSSR count). The molecule has 7 nitrogen and oxygen atoms in total. The normalized spacial score (nSPS) is 13.6. The lowest BCUT2D eigenvalue weighted by molar-refractivity contribution is -0.129. The van der Waals surface area contributed by atoms with Crippen LogP contribution in [0.25, 0.3) is 22.2 Å². The molecule has 1 aliphatic rings. The zero-order chi connectivity index (χ0) is 24.2. The van der Waals surface area contributed by atoms with Gasteiger partial charge in [0.1, 0.15) is 5.82 Å². The minimum Gasteiger partial charge on any atom is -0.352 e. The van der Waals surface area contributed by atoms with Crippen molar-refractivity contribution in [2.75, 3.05) is 36.4 Å². The summed E-state index contributed by atoms with van der Waals surface area (Å²) in [5, 5.41) is 2.96. The highest BCUT2D eigenvalue weighted by atomic mass is 16.2. The van der Waals surface area contributed by atoms with Gasteiger partial charge in [-0.2, -0.15) is 0 Å². The number of hydrogen-bond acceptors (Lipinski definition) is 5. The fraction of sp³-hybridized carbons (Fsp3) is 0.214. The van der Waals surface area contributed by atoms with Gasteiger partial charge in [-0.05, 0) is 41.0 Å². The van der Waals surface area contributed by atoms with Gasteiger partial charge in [0, 0.05) is 38.8 Å². The number of rotatable bonds is 5. The first-order valence-electron chi connectivity index (χ1n) is 11.8. The van der Waals surface area contributed by atoms with Gasteiger partial charge in [-0.25, -0.2) is 4.98 Å². The average Bonchev–Trinajstić information content (AvgIpc) is 2.89. The van der Waals surface area contributed by atoms with Crippen LogP contribution >= 0.6 is 0 Å². The predicted molar refractivity (Wildman–Crippen MR) is 138 cm³/mol. The Hall–Kier alpha value is -4.26. The van der Waals surface area contributed by atoms with Crippen LogP contribution in [0, 0.1) is 0 Å². The van der Waals surface area contributed by atoms with Crippen molar-refractivity contribution in [2.24, 2.45) is 0 Å². The molecule has 1 aromatic heterocycles. The Balaban J connectivity index is 1.28. The number of nitrogens with zero attached hydrogens (tertiary/aromatic N) is 4. The topological polar surface area (TPSA) is 78.4 Å². The molecule has 0 bridgehead atoms. The SMILES string of the molecule is CC(=O)N1CCN(c2cnc3ccc(-c4ccc(NC(=O)Cc5ccccc5)cc4)cc3n2)CC1. The Morgan fingerprint density at radius 3 is 2.29 bits per heavy atom. The van der Waals surface area contributed by atoms with Gasteiger partial charge in [-0.15, -0.1) is 0 Å². The van der Waals surface area contributed by atoms with Crippen molar-refractivity contribution in [1.82, 2.24) is 14.9 Å². The monoisotopic (exact) mass is 465 g/mol. The van der Waals surface area contributed by atoms with E-state index in [1.165, 1.54) is 0 Å². The maximum atomic E-state index is 12.3. The molecule has 35 heavy (non-hydrogen) atoms. The number of anilines is 2. The molecule has 0 atom stereocenters. The third kappa shape index (κ3) is 5.30. The molecule has 1 N–H and O–H groups in total. The molecule has 0 spiro atoms. The van der Waals surface area contributed by atoms with Crippen LogP contribution in [0.4, 0.5) is 11.5 Å². The summed E-state index contributed by atoms with van der Waals surface area (Å²) < 4.78 is 0. The molecule has 0 unspecified atom stereocenters. The predicted octanol–water partition coefficient (Wildman–Crippen LogP) is 4.15. The summed E-state index contributed by atoms with van der Waals surface area (Å²) in [6, 6.07) is 23.6. The lowest BCUT2D eigenvalue weighted by Crippen LogP contribution is -2.48. The molecule has 1 aliphatic heterocycles. The number of hydrogen-bond donors (Lipinski definition) is 1. The molecule has 176 valence electrons. The van der Waals surface area contributed by atoms with Gasteiger partial charge in [0.15, 0.2) is 0 Å². The second-order valence-electron chi connectivity index (χ2n) is 8.71. The Bertz CT molecular complexity index is 1350. The van der Waals surface area contributed by atoms with E-state index in [0.717, 1.165) is 52.3 Å². The number of nitrogens with one attached hydrogen (secondary N) is 1. The van der Waals surface area contributed by atoms with Crippen LogP contribution in [-0.4, -0.2) is 52.9 Å². The fourth-order valence-electron chi connectivity index (χ4n) is 4.32. The van der Waals surface area contributed by atoms with Gasteiger partial charge in [0.25, 0.3) is 0 Å². The van der Waals surface area contributed by atoms with Crippen LogP contribution in [-0.2, 0) is 16.0 Å². The summed E-state index contributed by atoms with van der Waals surface area (Å²) in [5.41, 5.74) is 5.49. The zero-order valence-electron chi connectivity index (χ0n) is 19.6. The third-order valence-corrected chi connectivity index (χ3v) is 6.29. The van der Waals surface area contributed by atoms with E-state index in [4.69, 9.17) is 4.98 Å². The number of aromatic nitrogens is 2. The smallest absolute Gasteiger partial charge is 0.228 e. The minimum atomic E-state index is -0.0402. The van der Waals surface area contributed by atoms with E-state index in [1.807, 2.05) is 77.7 Å². The first-order valence-corrected chi connectivity index (χ1v) is 11.8. The van der Waals surface area contributed by atoms with Gasteiger partial charge < -0.3 is 15.1 Å². The highest BCUT2D eigenvalue weighted by molar-refractivity contribution is 5.92. The lowest BCUT2D eigenvalue weighted by Gasteiger charge is -2.34. The third-order valence-electron chi connectivity index (χ3n) is 6.29. The Kier molecular flexibility index (Phi) is 6.39. The summed E-state index contributed by atoms with van der Waals surface area (Å²) in [5.74, 6) is 0.900. The van der Waals surface area contributed by atoms with E-state index in [2.05, 4.69) is 15.2 Å². The summed E-state index contributed by atoms with van der Waals surface area (Å²) in [7, 11) is 0. The summed E-state index contributed by atoms with van der Waals surface area (Å²) in [6.07, 6.45) is 2.15. The van der Waals surface area contributed by atoms with Gasteiger partial charge in [0.05, 0.1) is 23.7 Å². The summed E-state index contributed by atoms with van der Waals surface area (Å²) in [4.78, 5) is 37.4. The van der Waals surface area contributed by atoms with Crippen LogP contribution in [0.5, 0.6) is 0 Å². The van der Waals surface area contributed by atoms with Crippen molar-refractivity contribution in [3.05, 3.63) is 84.6 Å². The van der Waals surface area contributed by atoms with E-state index in [0.29, 0.717) is 19.5 Å². The number of benzene rings is 3. The van der Waals surface area contributed by atoms with E-state index in [-0.39, 0.29) is 11.8 Å². The average molecular weight is 466 g/mol. The summed E-state index contributed by atoms with van der Waals surface area (Å²) in [6.45, 7) is 4.50. The van der Waals surface area contributed by atoms with Gasteiger partial charge in [0.2, 0.25) is 11.8 Å². The second kappa shape index (κ2) is 9.93. The highest BCUT2D eigenvalue weighted by Crippen LogP contribution is 2.26. The van der Waals surface area contributed by atoms with Crippen molar-refractivity contribution < 1.29 is 9.59 Å². The molecule has 0 radical (unpaired) electrons. The first kappa shape index (κ1) is 22.5. The number of fused-ring (bicyclic) bond motifs is 1. The van der Waals surface area contributed by atoms with Gasteiger partial charge >= 0.3 is 0 Å². The molecule has 7 heteroatoms. The van der Waals surface area contributed by atoms with Crippen molar-refractivity contribution in [2.45, 2.75) is 13.3 Å². The molecular weight excluding hydrogens is 438 g/mol. The fourth-order valence-corrected chi connectivity index (χ4v) is 4.32. The Morgan fingerprint density at radius 1 is 0.857 bits per heavy atom. The van der Waals surface area contributed by atoms with Crippen molar-refractivity contribution in [3.63, 3.8) is 0 Å². The number of piperazine rings is 1. The Morgan fingerprint density at radius 2 is 1.57 bits per heavy atom. The van der Waals surface area contributed by atoms with E-state index >= 15 is 0 Å². The molecular formula is C28H27N5O2. The largest absolute Gasteiger partial charge is 0.352 e. The molecule has 4 aromatic rings. The molecule has 1 fully saturated rings. The van der Waals surface area contributed by atoms with E-state index < -0.39 is 0 Å². The zero-order valence-corrected chi connectivity index (χ0v) is 19.6. The van der Waals surface area contributed by atoms with Crippen molar-refractivity contribution in [1.29, 1.82) is 0 Å². The number of amides is 2. The summed E-state index contributed by atoms with van der Waals surface area (Å²) >= 11 is 0. The standard InChI is InChI=1S/C28H27N5O2/c1-20(34)32-13-15-33(16-14-32)27-19-29-25-12-9-23(18-26(25)31-27)22-7-10-24(11-8-22)30-28(35)17-21-5-3-2-4-6-21/h2-12,18-19H,13-17H2,1H3,(H,30,35). The molecule has 0 aliphatic carbocycles. The van der Waals surface area contributed by atoms with Crippen LogP contribution < -0.4 is 10.2 Å². The van der Waals surface area contributed by atoms with Crippen molar-refractivity contribution in [3.8, 4) is 11.1 Å². The minimum absolute atomic E-state index is 0.0402. The molecule has 2 amide bonds. The van der Waals surface area contributed by atoms with E-state index in [9.17, 15) is 9.59 Å². The van der Waals surface area contributed by atoms with Gasteiger partial charge in [-0.1, -0.05) is 48.5 Å². The molecule has 0 saturated carbocycles. The Labute approximate surface area is 204 Å². The lowest BCUT2D eigenvalue weighted by atomic mass is 10.0. The molecule has 2 heterocycles. The van der Waals surface area contributed by atoms with Crippen LogP contribution in [0.3, 0.4) is 0 Å². The van der Waals surface area contributed by atoms with Crippen LogP contribution in [0.1, 0.15) is 12.5 Å². The maximum absolute atomic E-state index is 12.3. The number of carbonyl (C=O) groups excluding carboxylic acids is 2. The highest BCUT2D eigenvalue weighted by Gasteiger charge is 2.20. The van der Waals surface area contributed by atoms with Crippen LogP contribution in [0.15, 0.2) is 79.0 Å². The quantitative estimate of drug-likeness (QED) is 0.479. The van der Waals surface area contributed by atoms with E-state index in [1.54, 1.807) is 13.1 Å². The first-order chi connectivity index (χ1) is 17.0.